The zero-order valence-electron chi connectivity index (χ0n) is 10.3. The fraction of sp³-hybridized carbons (Fsp3) is 0.0769. The number of nitrogens with two attached hydrogens (primary N) is 1. The molecule has 0 fully saturated rings. The lowest BCUT2D eigenvalue weighted by atomic mass is 10.2. The summed E-state index contributed by atoms with van der Waals surface area (Å²) in [4.78, 5) is 0.172. The normalized spacial score (nSPS) is 11.5. The number of halogens is 2. The van der Waals surface area contributed by atoms with Crippen LogP contribution in [0.3, 0.4) is 0 Å². The number of hydrogen-bond acceptors (Lipinski definition) is 3. The molecule has 0 saturated heterocycles. The second-order valence-electron chi connectivity index (χ2n) is 4.10. The van der Waals surface area contributed by atoms with Crippen LogP contribution in [0.2, 0.25) is 0 Å². The molecule has 20 heavy (non-hydrogen) atoms. The van der Waals surface area contributed by atoms with Gasteiger partial charge >= 0.3 is 0 Å². The molecule has 0 amide bonds. The van der Waals surface area contributed by atoms with Crippen LogP contribution in [-0.4, -0.2) is 8.42 Å². The minimum Gasteiger partial charge on any atom is -0.398 e. The Morgan fingerprint density at radius 2 is 1.75 bits per heavy atom. The quantitative estimate of drug-likeness (QED) is 0.747. The van der Waals surface area contributed by atoms with E-state index >= 15 is 0 Å². The van der Waals surface area contributed by atoms with E-state index < -0.39 is 10.0 Å². The Balaban J connectivity index is 2.19. The lowest BCUT2D eigenvalue weighted by Gasteiger charge is -2.09. The largest absolute Gasteiger partial charge is 0.398 e. The molecule has 0 aromatic heterocycles. The molecule has 2 aromatic rings. The molecule has 0 atom stereocenters. The summed E-state index contributed by atoms with van der Waals surface area (Å²) in [6, 6.07) is 12.0. The highest BCUT2D eigenvalue weighted by atomic mass is 79.9. The molecule has 106 valence electrons. The SMILES string of the molecule is Nc1ccc(S(=O)(=O)NCc2ccccc2Br)cc1Br. The van der Waals surface area contributed by atoms with Crippen LogP contribution >= 0.6 is 31.9 Å². The summed E-state index contributed by atoms with van der Waals surface area (Å²) < 4.78 is 28.4. The fourth-order valence-electron chi connectivity index (χ4n) is 1.57. The van der Waals surface area contributed by atoms with Gasteiger partial charge in [-0.2, -0.15) is 0 Å². The standard InChI is InChI=1S/C13H12Br2N2O2S/c14-11-4-2-1-3-9(11)8-17-20(18,19)10-5-6-13(16)12(15)7-10/h1-7,17H,8,16H2. The lowest BCUT2D eigenvalue weighted by Crippen LogP contribution is -2.23. The molecule has 0 bridgehead atoms. The van der Waals surface area contributed by atoms with E-state index in [1.807, 2.05) is 24.3 Å². The molecule has 2 rings (SSSR count). The maximum atomic E-state index is 12.2. The van der Waals surface area contributed by atoms with Gasteiger partial charge in [-0.25, -0.2) is 13.1 Å². The Labute approximate surface area is 134 Å². The Kier molecular flexibility index (Phi) is 4.85. The van der Waals surface area contributed by atoms with Crippen molar-refractivity contribution >= 4 is 47.6 Å². The van der Waals surface area contributed by atoms with Crippen LogP contribution in [0.25, 0.3) is 0 Å². The molecule has 7 heteroatoms. The summed E-state index contributed by atoms with van der Waals surface area (Å²) in [5, 5.41) is 0. The van der Waals surface area contributed by atoms with Gasteiger partial charge in [0.15, 0.2) is 0 Å². The van der Waals surface area contributed by atoms with Gasteiger partial charge in [0.25, 0.3) is 0 Å². The third-order valence-corrected chi connectivity index (χ3v) is 5.55. The second-order valence-corrected chi connectivity index (χ2v) is 7.57. The third kappa shape index (κ3) is 3.60. The van der Waals surface area contributed by atoms with Crippen molar-refractivity contribution in [2.45, 2.75) is 11.4 Å². The van der Waals surface area contributed by atoms with E-state index in [1.165, 1.54) is 12.1 Å². The first-order valence-corrected chi connectivity index (χ1v) is 8.75. The molecule has 0 radical (unpaired) electrons. The van der Waals surface area contributed by atoms with Crippen molar-refractivity contribution in [2.75, 3.05) is 5.73 Å². The number of nitrogens with one attached hydrogen (secondary N) is 1. The van der Waals surface area contributed by atoms with E-state index in [1.54, 1.807) is 6.07 Å². The van der Waals surface area contributed by atoms with Gasteiger partial charge in [-0.15, -0.1) is 0 Å². The van der Waals surface area contributed by atoms with E-state index in [-0.39, 0.29) is 11.4 Å². The summed E-state index contributed by atoms with van der Waals surface area (Å²) in [5.74, 6) is 0. The fourth-order valence-corrected chi connectivity index (χ4v) is 3.56. The van der Waals surface area contributed by atoms with Crippen LogP contribution in [0.4, 0.5) is 5.69 Å². The van der Waals surface area contributed by atoms with Crippen LogP contribution in [0.5, 0.6) is 0 Å². The van der Waals surface area contributed by atoms with Crippen molar-refractivity contribution in [3.8, 4) is 0 Å². The predicted octanol–water partition coefficient (Wildman–Crippen LogP) is 3.27. The number of anilines is 1. The van der Waals surface area contributed by atoms with Gasteiger partial charge in [0.1, 0.15) is 0 Å². The zero-order valence-corrected chi connectivity index (χ0v) is 14.3. The van der Waals surface area contributed by atoms with Gasteiger partial charge in [-0.05, 0) is 45.8 Å². The van der Waals surface area contributed by atoms with Crippen LogP contribution in [0.1, 0.15) is 5.56 Å². The molecule has 0 aliphatic heterocycles. The van der Waals surface area contributed by atoms with Crippen LogP contribution in [0.15, 0.2) is 56.3 Å². The lowest BCUT2D eigenvalue weighted by molar-refractivity contribution is 0.581. The van der Waals surface area contributed by atoms with Crippen LogP contribution < -0.4 is 10.5 Å². The minimum atomic E-state index is -3.57. The van der Waals surface area contributed by atoms with E-state index in [0.29, 0.717) is 10.2 Å². The number of sulfonamides is 1. The van der Waals surface area contributed by atoms with Crippen molar-refractivity contribution < 1.29 is 8.42 Å². The Bertz CT molecular complexity index is 733. The molecule has 0 saturated carbocycles. The van der Waals surface area contributed by atoms with Gasteiger partial charge < -0.3 is 5.73 Å². The Morgan fingerprint density at radius 1 is 1.05 bits per heavy atom. The van der Waals surface area contributed by atoms with Crippen molar-refractivity contribution in [3.05, 3.63) is 57.0 Å². The van der Waals surface area contributed by atoms with Crippen LogP contribution in [-0.2, 0) is 16.6 Å². The topological polar surface area (TPSA) is 72.2 Å². The minimum absolute atomic E-state index is 0.172. The van der Waals surface area contributed by atoms with E-state index in [4.69, 9.17) is 5.73 Å². The average molecular weight is 420 g/mol. The Morgan fingerprint density at radius 3 is 2.40 bits per heavy atom. The highest BCUT2D eigenvalue weighted by molar-refractivity contribution is 9.10. The third-order valence-electron chi connectivity index (χ3n) is 2.69. The summed E-state index contributed by atoms with van der Waals surface area (Å²) in [5.41, 5.74) is 7.01. The molecule has 2 aromatic carbocycles. The summed E-state index contributed by atoms with van der Waals surface area (Å²) in [7, 11) is -3.57. The molecule has 3 N–H and O–H groups in total. The first-order valence-electron chi connectivity index (χ1n) is 5.68. The zero-order chi connectivity index (χ0) is 14.8. The molecule has 0 aliphatic carbocycles. The molecule has 4 nitrogen and oxygen atoms in total. The predicted molar refractivity (Wildman–Crippen MR) is 86.7 cm³/mol. The van der Waals surface area contributed by atoms with E-state index in [9.17, 15) is 8.42 Å². The highest BCUT2D eigenvalue weighted by Crippen LogP contribution is 2.23. The number of nitrogen functional groups attached to an aromatic ring is 1. The summed E-state index contributed by atoms with van der Waals surface area (Å²) in [6.45, 7) is 0.214. The Hall–Kier alpha value is -0.890. The smallest absolute Gasteiger partial charge is 0.240 e. The number of rotatable bonds is 4. The summed E-state index contributed by atoms with van der Waals surface area (Å²) >= 11 is 6.60. The molecular formula is C13H12Br2N2O2S. The van der Waals surface area contributed by atoms with Gasteiger partial charge in [0.2, 0.25) is 10.0 Å². The first-order chi connectivity index (χ1) is 9.40. The average Bonchev–Trinajstić information content (AvgIpc) is 2.41. The van der Waals surface area contributed by atoms with E-state index in [0.717, 1.165) is 10.0 Å². The second kappa shape index (κ2) is 6.26. The molecule has 0 heterocycles. The monoisotopic (exact) mass is 418 g/mol. The summed E-state index contributed by atoms with van der Waals surface area (Å²) in [6.07, 6.45) is 0. The number of hydrogen-bond donors (Lipinski definition) is 2. The van der Waals surface area contributed by atoms with Gasteiger partial charge in [0.05, 0.1) is 4.90 Å². The van der Waals surface area contributed by atoms with Crippen molar-refractivity contribution in [2.24, 2.45) is 0 Å². The molecule has 0 unspecified atom stereocenters. The van der Waals surface area contributed by atoms with Crippen molar-refractivity contribution in [1.82, 2.24) is 4.72 Å². The van der Waals surface area contributed by atoms with Crippen molar-refractivity contribution in [1.29, 1.82) is 0 Å². The van der Waals surface area contributed by atoms with Gasteiger partial charge in [-0.1, -0.05) is 34.1 Å². The first kappa shape index (κ1) is 15.5. The van der Waals surface area contributed by atoms with Crippen LogP contribution in [0, 0.1) is 0 Å². The molecule has 0 spiro atoms. The molecule has 0 aliphatic rings. The van der Waals surface area contributed by atoms with E-state index in [2.05, 4.69) is 36.6 Å². The van der Waals surface area contributed by atoms with Crippen molar-refractivity contribution in [3.63, 3.8) is 0 Å². The van der Waals surface area contributed by atoms with Gasteiger partial charge in [-0.3, -0.25) is 0 Å². The maximum absolute atomic E-state index is 12.2. The molecular weight excluding hydrogens is 408 g/mol. The van der Waals surface area contributed by atoms with Gasteiger partial charge in [0, 0.05) is 21.2 Å². The maximum Gasteiger partial charge on any atom is 0.240 e. The number of benzene rings is 2. The highest BCUT2D eigenvalue weighted by Gasteiger charge is 2.15.